The lowest BCUT2D eigenvalue weighted by Gasteiger charge is -2.38. The van der Waals surface area contributed by atoms with E-state index in [1.54, 1.807) is 0 Å². The fourth-order valence-corrected chi connectivity index (χ4v) is 2.69. The van der Waals surface area contributed by atoms with E-state index in [1.807, 2.05) is 0 Å². The maximum atomic E-state index is 5.78. The van der Waals surface area contributed by atoms with Crippen LogP contribution in [-0.2, 0) is 13.1 Å². The molecule has 0 amide bonds. The molecule has 0 saturated carbocycles. The van der Waals surface area contributed by atoms with Gasteiger partial charge in [0.05, 0.1) is 13.1 Å². The fourth-order valence-electron chi connectivity index (χ4n) is 2.69. The van der Waals surface area contributed by atoms with Gasteiger partial charge in [0.1, 0.15) is 11.5 Å². The Bertz CT molecular complexity index is 388. The molecule has 1 saturated heterocycles. The molecule has 1 aromatic rings. The van der Waals surface area contributed by atoms with E-state index >= 15 is 0 Å². The van der Waals surface area contributed by atoms with Crippen molar-refractivity contribution in [3.05, 3.63) is 23.2 Å². The first-order valence-corrected chi connectivity index (χ1v) is 6.84. The van der Waals surface area contributed by atoms with Crippen LogP contribution in [-0.4, -0.2) is 42.5 Å². The largest absolute Gasteiger partial charge is 0.463 e. The van der Waals surface area contributed by atoms with Crippen LogP contribution in [0, 0.1) is 6.92 Å². The van der Waals surface area contributed by atoms with Gasteiger partial charge >= 0.3 is 0 Å². The lowest BCUT2D eigenvalue weighted by atomic mass is 10.1. The molecule has 0 spiro atoms. The lowest BCUT2D eigenvalue weighted by molar-refractivity contribution is 0.0833. The minimum absolute atomic E-state index is 0.492. The molecule has 1 aliphatic heterocycles. The second-order valence-electron chi connectivity index (χ2n) is 5.30. The summed E-state index contributed by atoms with van der Waals surface area (Å²) in [5.41, 5.74) is 6.82. The molecule has 0 aliphatic carbocycles. The number of piperazine rings is 1. The number of nitrogens with two attached hydrogens (primary N) is 1. The number of furan rings is 1. The predicted octanol–water partition coefficient (Wildman–Crippen LogP) is 1.57. The normalized spacial score (nSPS) is 22.6. The predicted molar refractivity (Wildman–Crippen MR) is 73.3 cm³/mol. The highest BCUT2D eigenvalue weighted by atomic mass is 16.3. The molecule has 1 atom stereocenters. The summed E-state index contributed by atoms with van der Waals surface area (Å²) in [5, 5.41) is 0. The second-order valence-corrected chi connectivity index (χ2v) is 5.30. The molecule has 2 N–H and O–H groups in total. The van der Waals surface area contributed by atoms with E-state index in [0.29, 0.717) is 12.6 Å². The van der Waals surface area contributed by atoms with Gasteiger partial charge in [-0.25, -0.2) is 0 Å². The highest BCUT2D eigenvalue weighted by Gasteiger charge is 2.23. The first kappa shape index (κ1) is 13.6. The van der Waals surface area contributed by atoms with Gasteiger partial charge in [-0.2, -0.15) is 0 Å². The Kier molecular flexibility index (Phi) is 4.43. The van der Waals surface area contributed by atoms with Crippen molar-refractivity contribution in [2.45, 2.75) is 39.4 Å². The fraction of sp³-hybridized carbons (Fsp3) is 0.714. The average molecular weight is 251 g/mol. The molecule has 1 unspecified atom stereocenters. The van der Waals surface area contributed by atoms with Crippen LogP contribution in [0.2, 0.25) is 0 Å². The summed E-state index contributed by atoms with van der Waals surface area (Å²) in [6.07, 6.45) is 1.21. The Balaban J connectivity index is 1.96. The first-order valence-electron chi connectivity index (χ1n) is 6.84. The van der Waals surface area contributed by atoms with Crippen LogP contribution in [0.15, 0.2) is 10.5 Å². The standard InChI is InChI=1S/C14H25N3O/c1-4-12-9-17(6-5-16(12)3)10-13-7-11(2)14(8-15)18-13/h7,12H,4-6,8-10,15H2,1-3H3. The van der Waals surface area contributed by atoms with Gasteiger partial charge < -0.3 is 15.1 Å². The van der Waals surface area contributed by atoms with Crippen molar-refractivity contribution in [3.63, 3.8) is 0 Å². The molecule has 1 aromatic heterocycles. The Labute approximate surface area is 110 Å². The van der Waals surface area contributed by atoms with Crippen LogP contribution < -0.4 is 5.73 Å². The van der Waals surface area contributed by atoms with E-state index in [-0.39, 0.29) is 0 Å². The summed E-state index contributed by atoms with van der Waals surface area (Å²) >= 11 is 0. The van der Waals surface area contributed by atoms with E-state index in [0.717, 1.165) is 37.7 Å². The van der Waals surface area contributed by atoms with Gasteiger partial charge in [0.2, 0.25) is 0 Å². The van der Waals surface area contributed by atoms with Gasteiger partial charge in [-0.1, -0.05) is 6.92 Å². The molecule has 0 bridgehead atoms. The van der Waals surface area contributed by atoms with Crippen molar-refractivity contribution in [2.75, 3.05) is 26.7 Å². The zero-order chi connectivity index (χ0) is 13.1. The molecule has 1 aliphatic rings. The van der Waals surface area contributed by atoms with Crippen LogP contribution in [0.4, 0.5) is 0 Å². The molecule has 4 heteroatoms. The average Bonchev–Trinajstić information content (AvgIpc) is 2.72. The topological polar surface area (TPSA) is 45.6 Å². The van der Waals surface area contributed by atoms with Crippen molar-refractivity contribution in [2.24, 2.45) is 5.73 Å². The van der Waals surface area contributed by atoms with Crippen LogP contribution in [0.1, 0.15) is 30.4 Å². The monoisotopic (exact) mass is 251 g/mol. The highest BCUT2D eigenvalue weighted by Crippen LogP contribution is 2.18. The van der Waals surface area contributed by atoms with Crippen LogP contribution in [0.5, 0.6) is 0 Å². The van der Waals surface area contributed by atoms with Crippen molar-refractivity contribution in [1.82, 2.24) is 9.80 Å². The maximum absolute atomic E-state index is 5.78. The molecule has 0 aromatic carbocycles. The molecule has 0 radical (unpaired) electrons. The SMILES string of the molecule is CCC1CN(Cc2cc(C)c(CN)o2)CCN1C. The third-order valence-electron chi connectivity index (χ3n) is 3.97. The molecule has 102 valence electrons. The van der Waals surface area contributed by atoms with E-state index in [2.05, 4.69) is 36.8 Å². The molecular weight excluding hydrogens is 226 g/mol. The quantitative estimate of drug-likeness (QED) is 0.882. The Morgan fingerprint density at radius 2 is 2.22 bits per heavy atom. The smallest absolute Gasteiger partial charge is 0.120 e. The second kappa shape index (κ2) is 5.87. The zero-order valence-corrected chi connectivity index (χ0v) is 11.8. The highest BCUT2D eigenvalue weighted by molar-refractivity contribution is 5.19. The van der Waals surface area contributed by atoms with Crippen molar-refractivity contribution < 1.29 is 4.42 Å². The van der Waals surface area contributed by atoms with Crippen molar-refractivity contribution in [3.8, 4) is 0 Å². The summed E-state index contributed by atoms with van der Waals surface area (Å²) < 4.78 is 5.78. The molecule has 4 nitrogen and oxygen atoms in total. The van der Waals surface area contributed by atoms with E-state index in [1.165, 1.54) is 12.0 Å². The summed E-state index contributed by atoms with van der Waals surface area (Å²) in [6, 6.07) is 2.80. The van der Waals surface area contributed by atoms with Crippen molar-refractivity contribution >= 4 is 0 Å². The van der Waals surface area contributed by atoms with Crippen LogP contribution in [0.25, 0.3) is 0 Å². The van der Waals surface area contributed by atoms with Crippen molar-refractivity contribution in [1.29, 1.82) is 0 Å². The number of rotatable bonds is 4. The minimum Gasteiger partial charge on any atom is -0.463 e. The summed E-state index contributed by atoms with van der Waals surface area (Å²) in [5.74, 6) is 1.97. The van der Waals surface area contributed by atoms with Gasteiger partial charge in [-0.05, 0) is 32.0 Å². The molecule has 1 fully saturated rings. The van der Waals surface area contributed by atoms with E-state index in [4.69, 9.17) is 10.2 Å². The number of aryl methyl sites for hydroxylation is 1. The molecule has 18 heavy (non-hydrogen) atoms. The van der Waals surface area contributed by atoms with Crippen LogP contribution in [0.3, 0.4) is 0 Å². The van der Waals surface area contributed by atoms with Gasteiger partial charge in [-0.3, -0.25) is 4.90 Å². The Hall–Kier alpha value is -0.840. The number of nitrogens with zero attached hydrogens (tertiary/aromatic N) is 2. The van der Waals surface area contributed by atoms with Gasteiger partial charge in [0.25, 0.3) is 0 Å². The zero-order valence-electron chi connectivity index (χ0n) is 11.8. The third-order valence-corrected chi connectivity index (χ3v) is 3.97. The third kappa shape index (κ3) is 2.94. The molecule has 2 heterocycles. The molecule has 2 rings (SSSR count). The van der Waals surface area contributed by atoms with Gasteiger partial charge in [-0.15, -0.1) is 0 Å². The minimum atomic E-state index is 0.492. The molecular formula is C14H25N3O. The Morgan fingerprint density at radius 1 is 1.44 bits per heavy atom. The maximum Gasteiger partial charge on any atom is 0.120 e. The van der Waals surface area contributed by atoms with E-state index < -0.39 is 0 Å². The summed E-state index contributed by atoms with van der Waals surface area (Å²) in [4.78, 5) is 4.93. The first-order chi connectivity index (χ1) is 8.63. The van der Waals surface area contributed by atoms with Crippen LogP contribution >= 0.6 is 0 Å². The number of hydrogen-bond acceptors (Lipinski definition) is 4. The number of hydrogen-bond donors (Lipinski definition) is 1. The number of likely N-dealkylation sites (N-methyl/N-ethyl adjacent to an activating group) is 1. The van der Waals surface area contributed by atoms with E-state index in [9.17, 15) is 0 Å². The van der Waals surface area contributed by atoms with Gasteiger partial charge in [0.15, 0.2) is 0 Å². The Morgan fingerprint density at radius 3 is 2.83 bits per heavy atom. The van der Waals surface area contributed by atoms with Gasteiger partial charge in [0, 0.05) is 25.7 Å². The lowest BCUT2D eigenvalue weighted by Crippen LogP contribution is -2.50. The summed E-state index contributed by atoms with van der Waals surface area (Å²) in [6.45, 7) is 9.11. The summed E-state index contributed by atoms with van der Waals surface area (Å²) in [7, 11) is 2.22.